The number of carbonyl (C=O) groups is 3. The lowest BCUT2D eigenvalue weighted by Crippen LogP contribution is -2.28. The highest BCUT2D eigenvalue weighted by atomic mass is 79.9. The molecule has 152 valence electrons. The molecule has 0 bridgehead atoms. The van der Waals surface area contributed by atoms with Crippen molar-refractivity contribution in [3.8, 4) is 0 Å². The number of benzene rings is 2. The van der Waals surface area contributed by atoms with Crippen LogP contribution in [0.1, 0.15) is 17.5 Å². The summed E-state index contributed by atoms with van der Waals surface area (Å²) >= 11 is 9.35. The molecule has 1 heterocycles. The van der Waals surface area contributed by atoms with E-state index >= 15 is 0 Å². The number of amides is 2. The third kappa shape index (κ3) is 5.16. The van der Waals surface area contributed by atoms with Crippen molar-refractivity contribution in [2.45, 2.75) is 20.3 Å². The number of nitrogens with one attached hydrogen (secondary N) is 1. The van der Waals surface area contributed by atoms with Gasteiger partial charge in [-0.1, -0.05) is 39.7 Å². The quantitative estimate of drug-likeness (QED) is 0.651. The number of carbonyl (C=O) groups excluding carboxylic acids is 3. The van der Waals surface area contributed by atoms with Gasteiger partial charge in [0.15, 0.2) is 6.61 Å². The summed E-state index contributed by atoms with van der Waals surface area (Å²) < 4.78 is 5.91. The number of aryl methyl sites for hydroxylation is 2. The van der Waals surface area contributed by atoms with Gasteiger partial charge in [0.05, 0.1) is 16.6 Å². The molecule has 0 radical (unpaired) electrons. The molecular formula is C21H20BrClN2O4. The van der Waals surface area contributed by atoms with E-state index < -0.39 is 24.4 Å². The molecule has 1 atom stereocenters. The van der Waals surface area contributed by atoms with Crippen LogP contribution in [0.15, 0.2) is 40.9 Å². The monoisotopic (exact) mass is 478 g/mol. The summed E-state index contributed by atoms with van der Waals surface area (Å²) in [6.45, 7) is 3.67. The van der Waals surface area contributed by atoms with Crippen molar-refractivity contribution in [3.63, 3.8) is 0 Å². The zero-order valence-electron chi connectivity index (χ0n) is 16.0. The van der Waals surface area contributed by atoms with Crippen LogP contribution in [0, 0.1) is 19.8 Å². The van der Waals surface area contributed by atoms with Crippen LogP contribution in [0.4, 0.5) is 11.4 Å². The SMILES string of the molecule is Cc1ccc(C)c(N2C[C@@H](C(=O)OCC(=O)Nc3ccc(Br)cc3Cl)CC2=O)c1. The Morgan fingerprint density at radius 1 is 1.24 bits per heavy atom. The fourth-order valence-corrected chi connectivity index (χ4v) is 3.86. The van der Waals surface area contributed by atoms with Gasteiger partial charge in [-0.3, -0.25) is 14.4 Å². The van der Waals surface area contributed by atoms with Crippen molar-refractivity contribution in [2.75, 3.05) is 23.4 Å². The molecule has 0 aliphatic carbocycles. The van der Waals surface area contributed by atoms with E-state index in [4.69, 9.17) is 16.3 Å². The maximum Gasteiger partial charge on any atom is 0.311 e. The second-order valence-electron chi connectivity index (χ2n) is 6.98. The first-order chi connectivity index (χ1) is 13.7. The molecule has 1 saturated heterocycles. The van der Waals surface area contributed by atoms with Gasteiger partial charge < -0.3 is 15.0 Å². The van der Waals surface area contributed by atoms with E-state index in [0.717, 1.165) is 21.3 Å². The smallest absolute Gasteiger partial charge is 0.311 e. The van der Waals surface area contributed by atoms with Gasteiger partial charge in [0.1, 0.15) is 0 Å². The molecule has 2 amide bonds. The Balaban J connectivity index is 1.56. The number of hydrogen-bond donors (Lipinski definition) is 1. The van der Waals surface area contributed by atoms with Crippen molar-refractivity contribution in [1.29, 1.82) is 0 Å². The third-order valence-electron chi connectivity index (χ3n) is 4.66. The Morgan fingerprint density at radius 2 is 2.00 bits per heavy atom. The molecule has 1 aliphatic heterocycles. The van der Waals surface area contributed by atoms with E-state index in [9.17, 15) is 14.4 Å². The van der Waals surface area contributed by atoms with Crippen LogP contribution in [0.3, 0.4) is 0 Å². The van der Waals surface area contributed by atoms with Crippen molar-refractivity contribution < 1.29 is 19.1 Å². The number of rotatable bonds is 5. The molecule has 29 heavy (non-hydrogen) atoms. The zero-order chi connectivity index (χ0) is 21.1. The van der Waals surface area contributed by atoms with E-state index in [1.165, 1.54) is 0 Å². The molecule has 6 nitrogen and oxygen atoms in total. The maximum atomic E-state index is 12.4. The van der Waals surface area contributed by atoms with Gasteiger partial charge in [-0.05, 0) is 49.2 Å². The minimum atomic E-state index is -0.605. The Bertz CT molecular complexity index is 979. The highest BCUT2D eigenvalue weighted by molar-refractivity contribution is 9.10. The highest BCUT2D eigenvalue weighted by Gasteiger charge is 2.36. The molecule has 0 unspecified atom stereocenters. The topological polar surface area (TPSA) is 75.7 Å². The molecule has 0 spiro atoms. The van der Waals surface area contributed by atoms with Gasteiger partial charge in [-0.15, -0.1) is 0 Å². The van der Waals surface area contributed by atoms with E-state index in [-0.39, 0.29) is 18.9 Å². The summed E-state index contributed by atoms with van der Waals surface area (Å²) in [5, 5.41) is 2.96. The zero-order valence-corrected chi connectivity index (χ0v) is 18.3. The summed E-state index contributed by atoms with van der Waals surface area (Å²) in [4.78, 5) is 38.5. The van der Waals surface area contributed by atoms with Gasteiger partial charge >= 0.3 is 5.97 Å². The van der Waals surface area contributed by atoms with Crippen LogP contribution in [0.25, 0.3) is 0 Å². The van der Waals surface area contributed by atoms with Crippen molar-refractivity contribution in [1.82, 2.24) is 0 Å². The lowest BCUT2D eigenvalue weighted by Gasteiger charge is -2.19. The second kappa shape index (κ2) is 8.97. The molecule has 8 heteroatoms. The van der Waals surface area contributed by atoms with Gasteiger partial charge in [-0.2, -0.15) is 0 Å². The average molecular weight is 480 g/mol. The largest absolute Gasteiger partial charge is 0.455 e. The highest BCUT2D eigenvalue weighted by Crippen LogP contribution is 2.29. The molecule has 1 aliphatic rings. The third-order valence-corrected chi connectivity index (χ3v) is 5.47. The number of hydrogen-bond acceptors (Lipinski definition) is 4. The van der Waals surface area contributed by atoms with Gasteiger partial charge in [0.2, 0.25) is 5.91 Å². The first kappa shape index (κ1) is 21.3. The van der Waals surface area contributed by atoms with Crippen LogP contribution < -0.4 is 10.2 Å². The fraction of sp³-hybridized carbons (Fsp3) is 0.286. The normalized spacial score (nSPS) is 16.1. The van der Waals surface area contributed by atoms with Crippen LogP contribution in [0.5, 0.6) is 0 Å². The van der Waals surface area contributed by atoms with E-state index in [1.54, 1.807) is 23.1 Å². The standard InChI is InChI=1S/C21H20BrClN2O4/c1-12-3-4-13(2)18(7-12)25-10-14(8-20(25)27)21(28)29-11-19(26)24-17-6-5-15(22)9-16(17)23/h3-7,9,14H,8,10-11H2,1-2H3,(H,24,26)/t14-/m0/s1. The number of anilines is 2. The number of halogens is 2. The van der Waals surface area contributed by atoms with Crippen LogP contribution in [-0.2, 0) is 19.1 Å². The molecule has 0 saturated carbocycles. The Hall–Kier alpha value is -2.38. The predicted octanol–water partition coefficient (Wildman–Crippen LogP) is 4.25. The summed E-state index contributed by atoms with van der Waals surface area (Å²) in [5.74, 6) is -1.81. The molecule has 2 aromatic carbocycles. The number of esters is 1. The van der Waals surface area contributed by atoms with Gasteiger partial charge in [0.25, 0.3) is 5.91 Å². The minimum Gasteiger partial charge on any atom is -0.455 e. The van der Waals surface area contributed by atoms with Gasteiger partial charge in [0, 0.05) is 23.1 Å². The maximum absolute atomic E-state index is 12.4. The van der Waals surface area contributed by atoms with Gasteiger partial charge in [-0.25, -0.2) is 0 Å². The summed E-state index contributed by atoms with van der Waals surface area (Å²) in [7, 11) is 0. The predicted molar refractivity (Wildman–Crippen MR) is 115 cm³/mol. The summed E-state index contributed by atoms with van der Waals surface area (Å²) in [6, 6.07) is 10.9. The fourth-order valence-electron chi connectivity index (χ4n) is 3.14. The van der Waals surface area contributed by atoms with Crippen molar-refractivity contribution in [2.24, 2.45) is 5.92 Å². The Labute approximate surface area is 182 Å². The molecule has 2 aromatic rings. The van der Waals surface area contributed by atoms with Crippen LogP contribution in [0.2, 0.25) is 5.02 Å². The lowest BCUT2D eigenvalue weighted by molar-refractivity contribution is -0.151. The van der Waals surface area contributed by atoms with Crippen LogP contribution in [-0.4, -0.2) is 30.9 Å². The van der Waals surface area contributed by atoms with E-state index in [2.05, 4.69) is 21.2 Å². The molecule has 3 rings (SSSR count). The first-order valence-electron chi connectivity index (χ1n) is 9.03. The summed E-state index contributed by atoms with van der Waals surface area (Å²) in [5.41, 5.74) is 3.22. The van der Waals surface area contributed by atoms with Crippen molar-refractivity contribution >= 4 is 56.7 Å². The van der Waals surface area contributed by atoms with Crippen LogP contribution >= 0.6 is 27.5 Å². The Morgan fingerprint density at radius 3 is 2.72 bits per heavy atom. The number of ether oxygens (including phenoxy) is 1. The van der Waals surface area contributed by atoms with E-state index in [1.807, 2.05) is 32.0 Å². The molecule has 1 fully saturated rings. The summed E-state index contributed by atoms with van der Waals surface area (Å²) in [6.07, 6.45) is 0.0619. The Kier molecular flexibility index (Phi) is 6.59. The second-order valence-corrected chi connectivity index (χ2v) is 8.30. The first-order valence-corrected chi connectivity index (χ1v) is 10.2. The number of nitrogens with zero attached hydrogens (tertiary/aromatic N) is 1. The minimum absolute atomic E-state index is 0.0619. The molecular weight excluding hydrogens is 460 g/mol. The van der Waals surface area contributed by atoms with E-state index in [0.29, 0.717) is 10.7 Å². The molecule has 0 aromatic heterocycles. The van der Waals surface area contributed by atoms with Crippen molar-refractivity contribution in [3.05, 3.63) is 57.0 Å². The average Bonchev–Trinajstić information content (AvgIpc) is 3.05. The molecule has 1 N–H and O–H groups in total. The lowest BCUT2D eigenvalue weighted by atomic mass is 10.1.